The van der Waals surface area contributed by atoms with E-state index >= 15 is 0 Å². The molecule has 0 spiro atoms. The predicted molar refractivity (Wildman–Crippen MR) is 85.4 cm³/mol. The molecule has 0 aliphatic carbocycles. The van der Waals surface area contributed by atoms with Crippen LogP contribution in [-0.2, 0) is 0 Å². The minimum absolute atomic E-state index is 0.199. The maximum Gasteiger partial charge on any atom is 0.122 e. The van der Waals surface area contributed by atoms with Crippen LogP contribution in [-0.4, -0.2) is 14.2 Å². The van der Waals surface area contributed by atoms with E-state index in [2.05, 4.69) is 59.4 Å². The highest BCUT2D eigenvalue weighted by atomic mass is 79.9. The van der Waals surface area contributed by atoms with Crippen LogP contribution in [0.4, 0.5) is 0 Å². The lowest BCUT2D eigenvalue weighted by atomic mass is 10.0. The van der Waals surface area contributed by atoms with Gasteiger partial charge in [-0.1, -0.05) is 12.1 Å². The normalized spacial score (nSPS) is 12.5. The average Bonchev–Trinajstić information content (AvgIpc) is 2.72. The van der Waals surface area contributed by atoms with Crippen molar-refractivity contribution < 1.29 is 4.74 Å². The molecule has 1 aromatic carbocycles. The molecule has 1 aromatic heterocycles. The average molecular weight is 340 g/mol. The number of rotatable bonds is 4. The van der Waals surface area contributed by atoms with E-state index in [1.807, 2.05) is 7.05 Å². The van der Waals surface area contributed by atoms with E-state index in [1.54, 1.807) is 18.4 Å². The molecule has 0 saturated heterocycles. The lowest BCUT2D eigenvalue weighted by Gasteiger charge is -2.17. The van der Waals surface area contributed by atoms with Gasteiger partial charge in [-0.15, -0.1) is 11.3 Å². The van der Waals surface area contributed by atoms with E-state index in [1.165, 1.54) is 19.8 Å². The SMILES string of the molecule is CNC(c1ccc(C)c(OC)c1)c1cc(C)c(Br)s1. The third kappa shape index (κ3) is 3.02. The van der Waals surface area contributed by atoms with Crippen molar-refractivity contribution in [1.29, 1.82) is 0 Å². The van der Waals surface area contributed by atoms with Gasteiger partial charge in [-0.2, -0.15) is 0 Å². The van der Waals surface area contributed by atoms with Crippen LogP contribution in [0.25, 0.3) is 0 Å². The van der Waals surface area contributed by atoms with E-state index in [0.29, 0.717) is 0 Å². The molecule has 0 aliphatic rings. The van der Waals surface area contributed by atoms with Crippen LogP contribution in [0, 0.1) is 13.8 Å². The Bertz CT molecular complexity index is 560. The molecule has 1 atom stereocenters. The zero-order valence-corrected chi connectivity index (χ0v) is 14.0. The molecule has 0 saturated carbocycles. The summed E-state index contributed by atoms with van der Waals surface area (Å²) in [4.78, 5) is 1.30. The quantitative estimate of drug-likeness (QED) is 0.888. The highest BCUT2D eigenvalue weighted by Gasteiger charge is 2.16. The van der Waals surface area contributed by atoms with Crippen molar-refractivity contribution in [2.75, 3.05) is 14.2 Å². The number of hydrogen-bond donors (Lipinski definition) is 1. The fraction of sp³-hybridized carbons (Fsp3) is 0.333. The maximum absolute atomic E-state index is 5.41. The Kier molecular flexibility index (Phi) is 4.66. The second-order valence-electron chi connectivity index (χ2n) is 4.56. The van der Waals surface area contributed by atoms with Crippen molar-refractivity contribution in [3.63, 3.8) is 0 Å². The minimum Gasteiger partial charge on any atom is -0.496 e. The van der Waals surface area contributed by atoms with Crippen molar-refractivity contribution in [2.45, 2.75) is 19.9 Å². The van der Waals surface area contributed by atoms with Crippen molar-refractivity contribution in [3.05, 3.63) is 49.6 Å². The lowest BCUT2D eigenvalue weighted by molar-refractivity contribution is 0.410. The van der Waals surface area contributed by atoms with Gasteiger partial charge in [0.25, 0.3) is 0 Å². The van der Waals surface area contributed by atoms with Gasteiger partial charge in [0.05, 0.1) is 16.9 Å². The standard InChI is InChI=1S/C15H18BrNOS/c1-9-5-6-11(8-12(9)18-4)14(17-3)13-7-10(2)15(16)19-13/h5-8,14,17H,1-4H3. The summed E-state index contributed by atoms with van der Waals surface area (Å²) < 4.78 is 6.61. The monoisotopic (exact) mass is 339 g/mol. The van der Waals surface area contributed by atoms with Gasteiger partial charge in [0.2, 0.25) is 0 Å². The lowest BCUT2D eigenvalue weighted by Crippen LogP contribution is -2.16. The number of nitrogens with one attached hydrogen (secondary N) is 1. The Morgan fingerprint density at radius 1 is 1.21 bits per heavy atom. The van der Waals surface area contributed by atoms with Crippen LogP contribution in [0.3, 0.4) is 0 Å². The summed E-state index contributed by atoms with van der Waals surface area (Å²) in [5, 5.41) is 3.38. The number of halogens is 1. The molecule has 0 bridgehead atoms. The largest absolute Gasteiger partial charge is 0.496 e. The molecule has 1 N–H and O–H groups in total. The highest BCUT2D eigenvalue weighted by molar-refractivity contribution is 9.11. The van der Waals surface area contributed by atoms with E-state index in [9.17, 15) is 0 Å². The van der Waals surface area contributed by atoms with Crippen LogP contribution in [0.2, 0.25) is 0 Å². The second-order valence-corrected chi connectivity index (χ2v) is 6.96. The Morgan fingerprint density at radius 2 is 1.95 bits per heavy atom. The number of benzene rings is 1. The van der Waals surface area contributed by atoms with Gasteiger partial charge in [-0.05, 0) is 65.6 Å². The zero-order chi connectivity index (χ0) is 14.0. The number of aryl methyl sites for hydroxylation is 2. The van der Waals surface area contributed by atoms with E-state index in [0.717, 1.165) is 11.3 Å². The summed E-state index contributed by atoms with van der Waals surface area (Å²) in [6.45, 7) is 4.18. The van der Waals surface area contributed by atoms with Gasteiger partial charge in [-0.25, -0.2) is 0 Å². The topological polar surface area (TPSA) is 21.3 Å². The molecule has 2 nitrogen and oxygen atoms in total. The third-order valence-corrected chi connectivity index (χ3v) is 5.42. The van der Waals surface area contributed by atoms with Crippen molar-refractivity contribution in [1.82, 2.24) is 5.32 Å². The second kappa shape index (κ2) is 6.07. The summed E-state index contributed by atoms with van der Waals surface area (Å²) >= 11 is 5.36. The molecule has 0 aliphatic heterocycles. The van der Waals surface area contributed by atoms with Gasteiger partial charge in [0.1, 0.15) is 5.75 Å². The first-order valence-corrected chi connectivity index (χ1v) is 7.75. The Hall–Kier alpha value is -0.840. The zero-order valence-electron chi connectivity index (χ0n) is 11.6. The number of thiophene rings is 1. The van der Waals surface area contributed by atoms with Gasteiger partial charge in [0, 0.05) is 4.88 Å². The summed E-state index contributed by atoms with van der Waals surface area (Å²) in [5.41, 5.74) is 3.66. The highest BCUT2D eigenvalue weighted by Crippen LogP contribution is 2.35. The minimum atomic E-state index is 0.199. The molecule has 4 heteroatoms. The maximum atomic E-state index is 5.41. The summed E-state index contributed by atoms with van der Waals surface area (Å²) in [5.74, 6) is 0.935. The molecule has 102 valence electrons. The van der Waals surface area contributed by atoms with Gasteiger partial charge in [-0.3, -0.25) is 0 Å². The molecule has 0 fully saturated rings. The molecule has 1 unspecified atom stereocenters. The van der Waals surface area contributed by atoms with Crippen molar-refractivity contribution in [3.8, 4) is 5.75 Å². The summed E-state index contributed by atoms with van der Waals surface area (Å²) in [6, 6.07) is 8.79. The first-order chi connectivity index (χ1) is 9.06. The van der Waals surface area contributed by atoms with Crippen molar-refractivity contribution >= 4 is 27.3 Å². The molecule has 2 rings (SSSR count). The number of methoxy groups -OCH3 is 1. The number of ether oxygens (including phenoxy) is 1. The number of hydrogen-bond acceptors (Lipinski definition) is 3. The van der Waals surface area contributed by atoms with Crippen molar-refractivity contribution in [2.24, 2.45) is 0 Å². The Morgan fingerprint density at radius 3 is 2.47 bits per heavy atom. The fourth-order valence-corrected chi connectivity index (χ4v) is 3.82. The van der Waals surface area contributed by atoms with Gasteiger partial charge in [0.15, 0.2) is 0 Å². The van der Waals surface area contributed by atoms with Gasteiger partial charge < -0.3 is 10.1 Å². The molecule has 19 heavy (non-hydrogen) atoms. The fourth-order valence-electron chi connectivity index (χ4n) is 2.12. The van der Waals surface area contributed by atoms with E-state index < -0.39 is 0 Å². The Balaban J connectivity index is 2.41. The van der Waals surface area contributed by atoms with Crippen LogP contribution >= 0.6 is 27.3 Å². The molecule has 0 radical (unpaired) electrons. The first-order valence-electron chi connectivity index (χ1n) is 6.14. The third-order valence-electron chi connectivity index (χ3n) is 3.21. The smallest absolute Gasteiger partial charge is 0.122 e. The summed E-state index contributed by atoms with van der Waals surface area (Å²) in [7, 11) is 3.70. The van der Waals surface area contributed by atoms with Crippen LogP contribution < -0.4 is 10.1 Å². The molecular weight excluding hydrogens is 322 g/mol. The van der Waals surface area contributed by atoms with Crippen LogP contribution in [0.5, 0.6) is 5.75 Å². The predicted octanol–water partition coefficient (Wildman–Crippen LogP) is 4.44. The first kappa shape index (κ1) is 14.6. The van der Waals surface area contributed by atoms with E-state index in [-0.39, 0.29) is 6.04 Å². The van der Waals surface area contributed by atoms with Crippen LogP contribution in [0.1, 0.15) is 27.6 Å². The molecule has 2 aromatic rings. The van der Waals surface area contributed by atoms with E-state index in [4.69, 9.17) is 4.74 Å². The summed E-state index contributed by atoms with van der Waals surface area (Å²) in [6.07, 6.45) is 0. The van der Waals surface area contributed by atoms with Gasteiger partial charge >= 0.3 is 0 Å². The molecule has 0 amide bonds. The van der Waals surface area contributed by atoms with Crippen LogP contribution in [0.15, 0.2) is 28.1 Å². The molecule has 1 heterocycles. The molecular formula is C15H18BrNOS. The Labute approximate surface area is 126 Å².